The molecule has 31 heavy (non-hydrogen) atoms. The van der Waals surface area contributed by atoms with Crippen LogP contribution in [0.4, 0.5) is 8.78 Å². The number of hydrogen-bond donors (Lipinski definition) is 0. The third-order valence-electron chi connectivity index (χ3n) is 5.46. The Morgan fingerprint density at radius 1 is 1.10 bits per heavy atom. The topological polar surface area (TPSA) is 27.7 Å². The van der Waals surface area contributed by atoms with Gasteiger partial charge in [0.25, 0.3) is 0 Å². The lowest BCUT2D eigenvalue weighted by Crippen LogP contribution is -2.20. The molecule has 1 aliphatic heterocycles. The van der Waals surface area contributed by atoms with Crippen LogP contribution in [-0.4, -0.2) is 20.3 Å². The van der Waals surface area contributed by atoms with E-state index in [4.69, 9.17) is 14.2 Å². The predicted molar refractivity (Wildman–Crippen MR) is 121 cm³/mol. The SMILES string of the molecule is C=CCCC1CCC(c2ccc(OCC3=C(F)C(F)=C(OC)CC3)cc2)OC1.CCC. The van der Waals surface area contributed by atoms with Gasteiger partial charge in [0, 0.05) is 12.0 Å². The molecule has 1 fully saturated rings. The zero-order valence-electron chi connectivity index (χ0n) is 19.1. The second-order valence-corrected chi connectivity index (χ2v) is 8.06. The molecular weight excluding hydrogens is 398 g/mol. The first-order chi connectivity index (χ1) is 15.0. The normalized spacial score (nSPS) is 21.3. The van der Waals surface area contributed by atoms with E-state index in [1.54, 1.807) is 0 Å². The number of benzene rings is 1. The average Bonchev–Trinajstić information content (AvgIpc) is 2.80. The highest BCUT2D eigenvalue weighted by Gasteiger charge is 2.24. The van der Waals surface area contributed by atoms with Crippen molar-refractivity contribution in [3.63, 3.8) is 0 Å². The summed E-state index contributed by atoms with van der Waals surface area (Å²) in [5, 5.41) is 0. The molecule has 0 bridgehead atoms. The number of halogens is 2. The zero-order valence-corrected chi connectivity index (χ0v) is 19.1. The minimum absolute atomic E-state index is 0.0283. The number of hydrogen-bond acceptors (Lipinski definition) is 3. The van der Waals surface area contributed by atoms with Crippen LogP contribution in [-0.2, 0) is 9.47 Å². The first-order valence-corrected chi connectivity index (χ1v) is 11.3. The smallest absolute Gasteiger partial charge is 0.196 e. The van der Waals surface area contributed by atoms with E-state index in [9.17, 15) is 8.78 Å². The largest absolute Gasteiger partial charge is 0.498 e. The molecule has 3 nitrogen and oxygen atoms in total. The molecule has 0 radical (unpaired) electrons. The van der Waals surface area contributed by atoms with Crippen LogP contribution in [0.2, 0.25) is 0 Å². The lowest BCUT2D eigenvalue weighted by molar-refractivity contribution is -0.0190. The van der Waals surface area contributed by atoms with Gasteiger partial charge in [-0.3, -0.25) is 0 Å². The number of rotatable bonds is 8. The molecule has 2 atom stereocenters. The van der Waals surface area contributed by atoms with E-state index in [-0.39, 0.29) is 18.5 Å². The van der Waals surface area contributed by atoms with Gasteiger partial charge < -0.3 is 14.2 Å². The molecule has 3 rings (SSSR count). The Morgan fingerprint density at radius 2 is 1.81 bits per heavy atom. The fourth-order valence-corrected chi connectivity index (χ4v) is 3.69. The van der Waals surface area contributed by atoms with Crippen molar-refractivity contribution in [2.24, 2.45) is 5.92 Å². The Hall–Kier alpha value is -2.14. The van der Waals surface area contributed by atoms with Gasteiger partial charge in [-0.2, -0.15) is 0 Å². The van der Waals surface area contributed by atoms with Gasteiger partial charge in [0.15, 0.2) is 11.7 Å². The van der Waals surface area contributed by atoms with Crippen molar-refractivity contribution in [3.05, 3.63) is 65.5 Å². The predicted octanol–water partition coefficient (Wildman–Crippen LogP) is 7.76. The van der Waals surface area contributed by atoms with Crippen LogP contribution in [0.25, 0.3) is 0 Å². The van der Waals surface area contributed by atoms with Crippen LogP contribution in [0.5, 0.6) is 5.75 Å². The first-order valence-electron chi connectivity index (χ1n) is 11.3. The second kappa shape index (κ2) is 13.3. The summed E-state index contributed by atoms with van der Waals surface area (Å²) in [5.41, 5.74) is 1.44. The molecular formula is C26H36F2O3. The lowest BCUT2D eigenvalue weighted by atomic mass is 9.91. The van der Waals surface area contributed by atoms with Crippen molar-refractivity contribution in [2.75, 3.05) is 20.3 Å². The zero-order chi connectivity index (χ0) is 22.6. The molecule has 172 valence electrons. The van der Waals surface area contributed by atoms with Gasteiger partial charge in [-0.15, -0.1) is 6.58 Å². The van der Waals surface area contributed by atoms with E-state index < -0.39 is 11.7 Å². The summed E-state index contributed by atoms with van der Waals surface area (Å²) < 4.78 is 44.4. The van der Waals surface area contributed by atoms with Gasteiger partial charge >= 0.3 is 0 Å². The summed E-state index contributed by atoms with van der Waals surface area (Å²) in [6.07, 6.45) is 8.40. The Kier molecular flexibility index (Phi) is 10.8. The number of methoxy groups -OCH3 is 1. The summed E-state index contributed by atoms with van der Waals surface area (Å²) in [6, 6.07) is 7.69. The molecule has 0 spiro atoms. The third kappa shape index (κ3) is 7.49. The number of ether oxygens (including phenoxy) is 3. The van der Waals surface area contributed by atoms with Gasteiger partial charge in [0.2, 0.25) is 0 Å². The Labute approximate surface area is 185 Å². The standard InChI is InChI=1S/C23H28F2O3.C3H8/c1-3-4-5-16-6-12-20(28-14-16)17-7-10-19(11-8-17)27-15-18-9-13-21(26-2)23(25)22(18)24;1-3-2/h3,7-8,10-11,16,20H,1,4-6,9,12-15H2,2H3;3H2,1-2H3. The van der Waals surface area contributed by atoms with Crippen LogP contribution in [0.15, 0.2) is 59.9 Å². The highest BCUT2D eigenvalue weighted by Crippen LogP contribution is 2.34. The van der Waals surface area contributed by atoms with E-state index in [0.717, 1.165) is 37.9 Å². The van der Waals surface area contributed by atoms with E-state index in [2.05, 4.69) is 20.4 Å². The molecule has 2 aliphatic rings. The van der Waals surface area contributed by atoms with Crippen molar-refractivity contribution in [2.45, 2.75) is 64.9 Å². The van der Waals surface area contributed by atoms with E-state index >= 15 is 0 Å². The molecule has 2 unspecified atom stereocenters. The fourth-order valence-electron chi connectivity index (χ4n) is 3.69. The average molecular weight is 435 g/mol. The van der Waals surface area contributed by atoms with Gasteiger partial charge in [0.1, 0.15) is 18.1 Å². The summed E-state index contributed by atoms with van der Waals surface area (Å²) >= 11 is 0. The minimum Gasteiger partial charge on any atom is -0.498 e. The van der Waals surface area contributed by atoms with Crippen LogP contribution in [0.1, 0.15) is 70.5 Å². The third-order valence-corrected chi connectivity index (χ3v) is 5.46. The fraction of sp³-hybridized carbons (Fsp3) is 0.538. The maximum atomic E-state index is 14.1. The first kappa shape index (κ1) is 25.1. The van der Waals surface area contributed by atoms with Crippen LogP contribution in [0, 0.1) is 5.92 Å². The highest BCUT2D eigenvalue weighted by molar-refractivity contribution is 5.34. The summed E-state index contributed by atoms with van der Waals surface area (Å²) in [5.74, 6) is -0.469. The van der Waals surface area contributed by atoms with Crippen molar-refractivity contribution in [1.82, 2.24) is 0 Å². The maximum absolute atomic E-state index is 14.1. The molecule has 0 amide bonds. The maximum Gasteiger partial charge on any atom is 0.196 e. The van der Waals surface area contributed by atoms with E-state index in [0.29, 0.717) is 30.1 Å². The van der Waals surface area contributed by atoms with Crippen molar-refractivity contribution >= 4 is 0 Å². The highest BCUT2D eigenvalue weighted by atomic mass is 19.2. The second-order valence-electron chi connectivity index (χ2n) is 8.06. The Balaban J connectivity index is 0.00000107. The van der Waals surface area contributed by atoms with Crippen LogP contribution >= 0.6 is 0 Å². The summed E-state index contributed by atoms with van der Waals surface area (Å²) in [6.45, 7) is 8.84. The summed E-state index contributed by atoms with van der Waals surface area (Å²) in [7, 11) is 1.35. The minimum atomic E-state index is -0.913. The van der Waals surface area contributed by atoms with Crippen LogP contribution in [0.3, 0.4) is 0 Å². The molecule has 0 saturated carbocycles. The Morgan fingerprint density at radius 3 is 2.39 bits per heavy atom. The van der Waals surface area contributed by atoms with E-state index in [1.807, 2.05) is 30.3 Å². The lowest BCUT2D eigenvalue weighted by Gasteiger charge is -2.29. The van der Waals surface area contributed by atoms with Gasteiger partial charge in [-0.05, 0) is 55.7 Å². The Bertz CT molecular complexity index is 744. The van der Waals surface area contributed by atoms with Crippen molar-refractivity contribution in [1.29, 1.82) is 0 Å². The number of allylic oxidation sites excluding steroid dienone is 4. The van der Waals surface area contributed by atoms with Gasteiger partial charge in [-0.25, -0.2) is 8.78 Å². The van der Waals surface area contributed by atoms with Gasteiger partial charge in [0.05, 0.1) is 19.8 Å². The molecule has 1 heterocycles. The van der Waals surface area contributed by atoms with Crippen molar-refractivity contribution < 1.29 is 23.0 Å². The quantitative estimate of drug-likeness (QED) is 0.391. The molecule has 1 aromatic rings. The summed E-state index contributed by atoms with van der Waals surface area (Å²) in [4.78, 5) is 0. The van der Waals surface area contributed by atoms with Crippen LogP contribution < -0.4 is 4.74 Å². The molecule has 5 heteroatoms. The molecule has 0 aromatic heterocycles. The molecule has 1 aliphatic carbocycles. The van der Waals surface area contributed by atoms with Crippen molar-refractivity contribution in [3.8, 4) is 5.75 Å². The van der Waals surface area contributed by atoms with Gasteiger partial charge in [-0.1, -0.05) is 38.5 Å². The molecule has 1 saturated heterocycles. The molecule has 0 N–H and O–H groups in total. The monoisotopic (exact) mass is 434 g/mol. The molecule has 1 aromatic carbocycles. The van der Waals surface area contributed by atoms with E-state index in [1.165, 1.54) is 13.5 Å².